The van der Waals surface area contributed by atoms with Gasteiger partial charge < -0.3 is 14.8 Å². The molecular weight excluding hydrogens is 683 g/mol. The summed E-state index contributed by atoms with van der Waals surface area (Å²) < 4.78 is 50.9. The molecule has 15 heteroatoms. The van der Waals surface area contributed by atoms with Crippen molar-refractivity contribution in [1.29, 1.82) is 5.26 Å². The van der Waals surface area contributed by atoms with Crippen LogP contribution in [0.5, 0.6) is 5.75 Å². The molecule has 0 aliphatic heterocycles. The van der Waals surface area contributed by atoms with Gasteiger partial charge in [-0.25, -0.2) is 9.78 Å². The monoisotopic (exact) mass is 705 g/mol. The number of aromatic amines is 1. The summed E-state index contributed by atoms with van der Waals surface area (Å²) >= 11 is 7.55. The van der Waals surface area contributed by atoms with E-state index in [-0.39, 0.29) is 35.4 Å². The van der Waals surface area contributed by atoms with Gasteiger partial charge in [-0.3, -0.25) is 19.1 Å². The number of halogens is 4. The molecule has 0 saturated carbocycles. The lowest BCUT2D eigenvalue weighted by atomic mass is 9.92. The number of aromatic carboxylic acids is 1. The smallest absolute Gasteiger partial charge is 0.417 e. The van der Waals surface area contributed by atoms with Crippen molar-refractivity contribution in [3.05, 3.63) is 107 Å². The first-order valence-corrected chi connectivity index (χ1v) is 15.7. The number of nitriles is 1. The highest BCUT2D eigenvalue weighted by Gasteiger charge is 2.37. The maximum atomic E-state index is 14.3. The number of carbonyl (C=O) groups is 1. The van der Waals surface area contributed by atoms with Crippen molar-refractivity contribution in [2.75, 3.05) is 6.61 Å². The molecule has 2 N–H and O–H groups in total. The van der Waals surface area contributed by atoms with Crippen LogP contribution in [0, 0.1) is 32.1 Å². The van der Waals surface area contributed by atoms with Crippen LogP contribution in [0.1, 0.15) is 38.7 Å². The number of hydrogen-bond acceptors (Lipinski definition) is 8. The van der Waals surface area contributed by atoms with Crippen LogP contribution >= 0.6 is 22.9 Å². The molecule has 0 atom stereocenters. The quantitative estimate of drug-likeness (QED) is 0.176. The highest BCUT2D eigenvalue weighted by molar-refractivity contribution is 7.18. The molecule has 2 aromatic carbocycles. The fraction of sp³-hybridized carbons (Fsp3) is 0.176. The van der Waals surface area contributed by atoms with Crippen LogP contribution in [-0.2, 0) is 12.7 Å². The zero-order chi connectivity index (χ0) is 35.4. The molecule has 0 aliphatic rings. The largest absolute Gasteiger partial charge is 0.491 e. The summed E-state index contributed by atoms with van der Waals surface area (Å²) in [5.74, 6) is -0.689. The second-order valence-electron chi connectivity index (χ2n) is 11.1. The first kappa shape index (κ1) is 33.4. The number of nitrogens with zero attached hydrogens (tertiary/aromatic N) is 4. The number of carboxylic acids is 1. The van der Waals surface area contributed by atoms with E-state index in [4.69, 9.17) is 16.3 Å². The Kier molecular flexibility index (Phi) is 8.51. The lowest BCUT2D eigenvalue weighted by Crippen LogP contribution is -2.28. The van der Waals surface area contributed by atoms with E-state index in [0.717, 1.165) is 12.3 Å². The molecule has 6 rings (SSSR count). The van der Waals surface area contributed by atoms with Crippen molar-refractivity contribution in [3.8, 4) is 34.1 Å². The van der Waals surface area contributed by atoms with Crippen molar-refractivity contribution < 1.29 is 27.8 Å². The summed E-state index contributed by atoms with van der Waals surface area (Å²) in [4.78, 5) is 49.9. The van der Waals surface area contributed by atoms with Crippen molar-refractivity contribution in [2.45, 2.75) is 33.5 Å². The standard InChI is InChI=1S/C34H23ClF3N5O5S/c1-15-9-26(44)22(13-40-15)28-21(12-39)29-25(11-24(28)34(36,37)38)42-17(3)43(32(29)45)6-7-48-27-5-4-18(35)10-19(27)20-8-16(2)41-30-23(33(46)47)14-49-31(20)30/h4-5,8-11,13-14H,6-7H2,1-3H3,(H,40,44)(H,46,47). The number of aromatic nitrogens is 4. The number of fused-ring (bicyclic) bond motifs is 2. The van der Waals surface area contributed by atoms with Gasteiger partial charge in [0, 0.05) is 56.3 Å². The van der Waals surface area contributed by atoms with Crippen LogP contribution in [-0.4, -0.2) is 37.2 Å². The number of thiophene rings is 1. The molecule has 248 valence electrons. The number of nitrogens with one attached hydrogen (secondary N) is 1. The number of hydrogen-bond donors (Lipinski definition) is 2. The van der Waals surface area contributed by atoms with Gasteiger partial charge in [0.05, 0.1) is 44.4 Å². The van der Waals surface area contributed by atoms with E-state index in [9.17, 15) is 37.9 Å². The van der Waals surface area contributed by atoms with E-state index < -0.39 is 45.4 Å². The van der Waals surface area contributed by atoms with E-state index >= 15 is 0 Å². The minimum Gasteiger partial charge on any atom is -0.491 e. The molecule has 0 radical (unpaired) electrons. The summed E-state index contributed by atoms with van der Waals surface area (Å²) in [6, 6.07) is 10.2. The third-order valence-electron chi connectivity index (χ3n) is 7.87. The normalized spacial score (nSPS) is 11.6. The number of ether oxygens (including phenoxy) is 1. The molecule has 0 unspecified atom stereocenters. The predicted octanol–water partition coefficient (Wildman–Crippen LogP) is 7.27. The highest BCUT2D eigenvalue weighted by atomic mass is 35.5. The Bertz CT molecular complexity index is 2520. The number of pyridine rings is 2. The fourth-order valence-electron chi connectivity index (χ4n) is 5.71. The topological polar surface area (TPSA) is 151 Å². The zero-order valence-corrected chi connectivity index (χ0v) is 27.4. The first-order chi connectivity index (χ1) is 23.2. The van der Waals surface area contributed by atoms with Gasteiger partial charge in [-0.05, 0) is 51.1 Å². The average molecular weight is 706 g/mol. The van der Waals surface area contributed by atoms with Gasteiger partial charge in [0.25, 0.3) is 5.56 Å². The maximum absolute atomic E-state index is 14.3. The predicted molar refractivity (Wildman–Crippen MR) is 179 cm³/mol. The number of alkyl halides is 3. The SMILES string of the molecule is Cc1cc(-c2cc(Cl)ccc2OCCn2c(C)nc3cc(C(F)(F)F)c(-c4c[nH]c(C)cc4=O)c(C#N)c3c2=O)c2scc(C(=O)O)c2n1. The molecule has 49 heavy (non-hydrogen) atoms. The average Bonchev–Trinajstić information content (AvgIpc) is 3.46. The molecule has 6 aromatic rings. The van der Waals surface area contributed by atoms with Crippen molar-refractivity contribution in [2.24, 2.45) is 0 Å². The zero-order valence-electron chi connectivity index (χ0n) is 25.8. The van der Waals surface area contributed by atoms with Crippen LogP contribution in [0.3, 0.4) is 0 Å². The molecule has 0 saturated heterocycles. The number of carboxylic acid groups (broad SMARTS) is 1. The van der Waals surface area contributed by atoms with Crippen molar-refractivity contribution >= 4 is 50.0 Å². The lowest BCUT2D eigenvalue weighted by Gasteiger charge is -2.18. The molecule has 0 amide bonds. The molecule has 0 bridgehead atoms. The Morgan fingerprint density at radius 3 is 2.53 bits per heavy atom. The van der Waals surface area contributed by atoms with E-state index in [1.54, 1.807) is 44.2 Å². The second kappa shape index (κ2) is 12.5. The van der Waals surface area contributed by atoms with Gasteiger partial charge in [0.15, 0.2) is 5.43 Å². The maximum Gasteiger partial charge on any atom is 0.417 e. The Balaban J connectivity index is 1.43. The molecule has 0 aliphatic carbocycles. The minimum absolute atomic E-state index is 0.0577. The Morgan fingerprint density at radius 2 is 1.86 bits per heavy atom. The summed E-state index contributed by atoms with van der Waals surface area (Å²) in [6.07, 6.45) is -3.89. The van der Waals surface area contributed by atoms with Gasteiger partial charge in [-0.2, -0.15) is 18.4 Å². The van der Waals surface area contributed by atoms with Crippen molar-refractivity contribution in [3.63, 3.8) is 0 Å². The summed E-state index contributed by atoms with van der Waals surface area (Å²) in [5, 5.41) is 21.3. The molecule has 0 spiro atoms. The fourth-order valence-corrected chi connectivity index (χ4v) is 6.89. The van der Waals surface area contributed by atoms with E-state index in [2.05, 4.69) is 15.0 Å². The summed E-state index contributed by atoms with van der Waals surface area (Å²) in [6.45, 7) is 4.49. The number of H-pyrrole nitrogens is 1. The van der Waals surface area contributed by atoms with Crippen LogP contribution < -0.4 is 15.7 Å². The van der Waals surface area contributed by atoms with Gasteiger partial charge in [-0.1, -0.05) is 11.6 Å². The van der Waals surface area contributed by atoms with E-state index in [1.165, 1.54) is 28.2 Å². The number of benzene rings is 2. The number of rotatable bonds is 7. The third-order valence-corrected chi connectivity index (χ3v) is 9.11. The summed E-state index contributed by atoms with van der Waals surface area (Å²) in [5.41, 5.74) is -2.39. The summed E-state index contributed by atoms with van der Waals surface area (Å²) in [7, 11) is 0. The second-order valence-corrected chi connectivity index (χ2v) is 12.4. The van der Waals surface area contributed by atoms with Crippen molar-refractivity contribution in [1.82, 2.24) is 19.5 Å². The molecule has 0 fully saturated rings. The molecule has 4 aromatic heterocycles. The van der Waals surface area contributed by atoms with Gasteiger partial charge >= 0.3 is 12.1 Å². The van der Waals surface area contributed by atoms with Crippen LogP contribution in [0.15, 0.2) is 57.6 Å². The van der Waals surface area contributed by atoms with Crippen LogP contribution in [0.4, 0.5) is 13.2 Å². The van der Waals surface area contributed by atoms with E-state index in [1.807, 2.05) is 0 Å². The van der Waals surface area contributed by atoms with Gasteiger partial charge in [0.1, 0.15) is 24.3 Å². The first-order valence-electron chi connectivity index (χ1n) is 14.5. The molecular formula is C34H23ClF3N5O5S. The molecule has 4 heterocycles. The van der Waals surface area contributed by atoms with E-state index in [0.29, 0.717) is 49.6 Å². The van der Waals surface area contributed by atoms with Gasteiger partial charge in [0.2, 0.25) is 0 Å². The molecule has 10 nitrogen and oxygen atoms in total. The Morgan fingerprint density at radius 1 is 1.10 bits per heavy atom. The van der Waals surface area contributed by atoms with Crippen LogP contribution in [0.2, 0.25) is 5.02 Å². The Labute approximate surface area is 283 Å². The lowest BCUT2D eigenvalue weighted by molar-refractivity contribution is -0.137. The van der Waals surface area contributed by atoms with Crippen LogP contribution in [0.25, 0.3) is 43.4 Å². The Hall–Kier alpha value is -5.52. The minimum atomic E-state index is -4.97. The third kappa shape index (κ3) is 6.03. The number of aryl methyl sites for hydroxylation is 3. The van der Waals surface area contributed by atoms with Gasteiger partial charge in [-0.15, -0.1) is 11.3 Å². The highest BCUT2D eigenvalue weighted by Crippen LogP contribution is 2.42.